The molecule has 6 heterocycles. The fourth-order valence-corrected chi connectivity index (χ4v) is 21.3. The van der Waals surface area contributed by atoms with Gasteiger partial charge in [-0.05, 0) is 203 Å². The van der Waals surface area contributed by atoms with Gasteiger partial charge in [-0.15, -0.1) is 0 Å². The van der Waals surface area contributed by atoms with Crippen LogP contribution in [0.1, 0.15) is 6.85 Å². The monoisotopic (exact) mass is 1880 g/mol. The Morgan fingerprint density at radius 3 is 0.619 bits per heavy atom. The van der Waals surface area contributed by atoms with Gasteiger partial charge >= 0.3 is 0 Å². The number of benzene rings is 24. The van der Waals surface area contributed by atoms with Gasteiger partial charge in [0.1, 0.15) is 33.5 Å². The van der Waals surface area contributed by atoms with E-state index in [4.69, 9.17) is 60.0 Å². The summed E-state index contributed by atoms with van der Waals surface area (Å²) in [5, 5.41) is 28.4. The van der Waals surface area contributed by atoms with E-state index in [9.17, 15) is 0 Å². The van der Waals surface area contributed by atoms with Gasteiger partial charge in [-0.25, -0.2) is 44.9 Å². The molecular formula is C135H81N9O3. The minimum Gasteiger partial charge on any atom is -0.455 e. The van der Waals surface area contributed by atoms with Gasteiger partial charge in [0.15, 0.2) is 52.4 Å². The van der Waals surface area contributed by atoms with Gasteiger partial charge in [0.25, 0.3) is 0 Å². The summed E-state index contributed by atoms with van der Waals surface area (Å²) in [7, 11) is 0. The lowest BCUT2D eigenvalue weighted by Crippen LogP contribution is -2.00. The van der Waals surface area contributed by atoms with Crippen molar-refractivity contribution in [1.29, 1.82) is 0 Å². The highest BCUT2D eigenvalue weighted by Gasteiger charge is 2.26. The van der Waals surface area contributed by atoms with E-state index in [1.54, 1.807) is 0 Å². The van der Waals surface area contributed by atoms with Gasteiger partial charge in [0, 0.05) is 65.7 Å². The SMILES string of the molecule is [2H]c1c([2H])c([2H])c(-c2nc(-c3ccccc3)nc(-c3cccc4c3oc3cc(-c5ccc6c7ccccc7c7ccccc7c6c5)ccc34)n2)c([2H])c1[2H].c1ccc(-c2nc(-c3ccccc3)nc(-c3cccc4c3oc3cc(-c5ccc6c7ccccc7c7ccccc7c6c5)ccc34)n2)cc1.c1ccc(-c2nc(-c3ccccc3)nc(-c3cccc4c3oc3ccc(-c5ccc6c7ccccc7c7ccccc7c6c5)cc34)n2)cc1. The third-order valence-electron chi connectivity index (χ3n) is 28.2. The van der Waals surface area contributed by atoms with Crippen LogP contribution >= 0.6 is 0 Å². The predicted molar refractivity (Wildman–Crippen MR) is 604 cm³/mol. The molecule has 0 bridgehead atoms. The Bertz CT molecular complexity index is 10500. The van der Waals surface area contributed by atoms with Crippen molar-refractivity contribution in [2.75, 3.05) is 0 Å². The third-order valence-corrected chi connectivity index (χ3v) is 28.2. The second-order valence-electron chi connectivity index (χ2n) is 36.8. The van der Waals surface area contributed by atoms with Crippen LogP contribution in [0.15, 0.2) is 505 Å². The number of hydrogen-bond acceptors (Lipinski definition) is 12. The van der Waals surface area contributed by atoms with Gasteiger partial charge < -0.3 is 13.3 Å². The number of para-hydroxylation sites is 3. The Hall–Kier alpha value is -20.0. The molecule has 0 saturated heterocycles. The molecule has 0 aliphatic rings. The number of hydrogen-bond donors (Lipinski definition) is 0. The molecule has 24 aromatic carbocycles. The molecule has 30 aromatic rings. The lowest BCUT2D eigenvalue weighted by Gasteiger charge is -2.12. The average Bonchev–Trinajstić information content (AvgIpc) is 1.54. The molecule has 147 heavy (non-hydrogen) atoms. The molecule has 30 rings (SSSR count). The van der Waals surface area contributed by atoms with E-state index < -0.39 is 18.1 Å². The van der Waals surface area contributed by atoms with Crippen LogP contribution in [0.25, 0.3) is 299 Å². The van der Waals surface area contributed by atoms with Crippen LogP contribution in [0, 0.1) is 0 Å². The molecule has 0 radical (unpaired) electrons. The Morgan fingerprint density at radius 2 is 0.333 bits per heavy atom. The van der Waals surface area contributed by atoms with E-state index in [0.717, 1.165) is 121 Å². The molecule has 0 fully saturated rings. The number of nitrogens with zero attached hydrogens (tertiary/aromatic N) is 9. The van der Waals surface area contributed by atoms with Crippen LogP contribution in [-0.4, -0.2) is 44.9 Å². The molecule has 0 unspecified atom stereocenters. The Balaban J connectivity index is 0.000000109. The topological polar surface area (TPSA) is 155 Å². The van der Waals surface area contributed by atoms with E-state index in [-0.39, 0.29) is 29.3 Å². The first-order valence-corrected chi connectivity index (χ1v) is 48.9. The lowest BCUT2D eigenvalue weighted by atomic mass is 9.92. The summed E-state index contributed by atoms with van der Waals surface area (Å²) in [6, 6.07) is 157. The van der Waals surface area contributed by atoms with Crippen LogP contribution in [0.3, 0.4) is 0 Å². The van der Waals surface area contributed by atoms with Crippen molar-refractivity contribution in [3.8, 4) is 136 Å². The molecule has 0 atom stereocenters. The first-order valence-electron chi connectivity index (χ1n) is 51.4. The first kappa shape index (κ1) is 79.8. The van der Waals surface area contributed by atoms with Crippen LogP contribution in [0.5, 0.6) is 0 Å². The summed E-state index contributed by atoms with van der Waals surface area (Å²) in [6.07, 6.45) is 0. The highest BCUT2D eigenvalue weighted by Crippen LogP contribution is 2.47. The van der Waals surface area contributed by atoms with Crippen molar-refractivity contribution in [1.82, 2.24) is 44.9 Å². The third kappa shape index (κ3) is 15.1. The zero-order valence-corrected chi connectivity index (χ0v) is 78.6. The summed E-state index contributed by atoms with van der Waals surface area (Å²) < 4.78 is 61.9. The molecule has 6 aromatic heterocycles. The quantitative estimate of drug-likeness (QED) is 0.107. The van der Waals surface area contributed by atoms with Crippen molar-refractivity contribution in [3.05, 3.63) is 491 Å². The van der Waals surface area contributed by atoms with Gasteiger partial charge in [-0.2, -0.15) is 0 Å². The standard InChI is InChI=1S/3C45H27N3O/c2*1-3-12-28(13-4-1)43-46-44(29-14-5-2-6-15-29)48-45(47-43)39-21-11-20-38-37-25-23-31(27-41(37)49-42(38)39)30-22-24-36-34-18-8-7-16-32(34)33-17-9-10-19-35(33)40(36)26-30;1-3-12-28(13-4-1)43-46-44(29-14-5-2-6-15-29)48-45(47-43)38-21-11-20-37-40-27-31(23-25-41(40)49-42(37)38)30-22-24-36-34-18-8-7-16-32(34)33-17-9-10-19-35(33)39(36)26-30/h3*1-27H/i1D,3D,4D,12D,13D;;. The maximum absolute atomic E-state index is 8.65. The van der Waals surface area contributed by atoms with Gasteiger partial charge in [0.05, 0.1) is 23.5 Å². The average molecular weight is 1880 g/mol. The largest absolute Gasteiger partial charge is 0.455 e. The van der Waals surface area contributed by atoms with E-state index in [0.29, 0.717) is 63.1 Å². The maximum Gasteiger partial charge on any atom is 0.167 e. The Morgan fingerprint density at radius 1 is 0.129 bits per heavy atom. The van der Waals surface area contributed by atoms with Gasteiger partial charge in [-0.3, -0.25) is 0 Å². The second kappa shape index (κ2) is 35.7. The summed E-state index contributed by atoms with van der Waals surface area (Å²) in [6.45, 7) is 0. The lowest BCUT2D eigenvalue weighted by molar-refractivity contribution is 0.669. The normalized spacial score (nSPS) is 12.1. The molecular weight excluding hydrogens is 1800 g/mol. The summed E-state index contributed by atoms with van der Waals surface area (Å²) >= 11 is 0. The van der Waals surface area contributed by atoms with Crippen molar-refractivity contribution in [2.45, 2.75) is 0 Å². The summed E-state index contributed by atoms with van der Waals surface area (Å²) in [5.41, 5.74) is 17.6. The van der Waals surface area contributed by atoms with Crippen molar-refractivity contribution < 1.29 is 20.1 Å². The zero-order valence-electron chi connectivity index (χ0n) is 83.6. The minimum atomic E-state index is -0.483. The summed E-state index contributed by atoms with van der Waals surface area (Å²) in [5.74, 6) is 4.17. The Labute approximate surface area is 849 Å². The van der Waals surface area contributed by atoms with Gasteiger partial charge in [-0.1, -0.05) is 418 Å². The van der Waals surface area contributed by atoms with Crippen molar-refractivity contribution in [2.24, 2.45) is 0 Å². The number of furan rings is 3. The van der Waals surface area contributed by atoms with Crippen LogP contribution in [-0.2, 0) is 0 Å². The Kier molecular flexibility index (Phi) is 19.4. The van der Waals surface area contributed by atoms with Gasteiger partial charge in [0.2, 0.25) is 0 Å². The highest BCUT2D eigenvalue weighted by atomic mass is 16.3. The molecule has 0 saturated carbocycles. The fraction of sp³-hybridized carbons (Fsp3) is 0. The maximum atomic E-state index is 8.65. The van der Waals surface area contributed by atoms with E-state index in [1.165, 1.54) is 97.0 Å². The molecule has 0 amide bonds. The number of fused-ring (bicyclic) bond motifs is 27. The number of aromatic nitrogens is 9. The van der Waals surface area contributed by atoms with Crippen molar-refractivity contribution in [3.63, 3.8) is 0 Å². The number of rotatable bonds is 12. The predicted octanol–water partition coefficient (Wildman–Crippen LogP) is 35.7. The second-order valence-corrected chi connectivity index (χ2v) is 36.8. The van der Waals surface area contributed by atoms with E-state index in [2.05, 4.69) is 278 Å². The van der Waals surface area contributed by atoms with Crippen LogP contribution in [0.2, 0.25) is 0 Å². The molecule has 0 aliphatic heterocycles. The van der Waals surface area contributed by atoms with Crippen LogP contribution in [0.4, 0.5) is 0 Å². The molecule has 0 aliphatic carbocycles. The molecule has 0 spiro atoms. The first-order chi connectivity index (χ1) is 74.9. The van der Waals surface area contributed by atoms with Crippen molar-refractivity contribution >= 4 is 163 Å². The highest BCUT2D eigenvalue weighted by molar-refractivity contribution is 6.29. The fourth-order valence-electron chi connectivity index (χ4n) is 21.3. The zero-order chi connectivity index (χ0) is 101. The molecule has 12 nitrogen and oxygen atoms in total. The minimum absolute atomic E-state index is 0.0251. The summed E-state index contributed by atoms with van der Waals surface area (Å²) in [4.78, 5) is 43.9. The smallest absolute Gasteiger partial charge is 0.167 e. The van der Waals surface area contributed by atoms with E-state index in [1.807, 2.05) is 188 Å². The molecule has 12 heteroatoms. The molecule has 0 N–H and O–H groups in total. The molecule has 684 valence electrons. The van der Waals surface area contributed by atoms with Crippen LogP contribution < -0.4 is 0 Å². The van der Waals surface area contributed by atoms with E-state index >= 15 is 0 Å².